The molecule has 1 aliphatic carbocycles. The van der Waals surface area contributed by atoms with Gasteiger partial charge >= 0.3 is 6.18 Å². The topological polar surface area (TPSA) is 45.9 Å². The first-order valence-electron chi connectivity index (χ1n) is 11.7. The van der Waals surface area contributed by atoms with Gasteiger partial charge in [-0.1, -0.05) is 6.07 Å². The van der Waals surface area contributed by atoms with E-state index in [1.54, 1.807) is 25.3 Å². The Labute approximate surface area is 195 Å². The van der Waals surface area contributed by atoms with E-state index in [0.29, 0.717) is 56.6 Å². The number of ether oxygens (including phenoxy) is 1. The Bertz CT molecular complexity index is 1170. The summed E-state index contributed by atoms with van der Waals surface area (Å²) in [5, 5.41) is 7.99. The number of halogens is 4. The molecule has 0 amide bonds. The lowest BCUT2D eigenvalue weighted by Gasteiger charge is -2.37. The van der Waals surface area contributed by atoms with Gasteiger partial charge in [-0.3, -0.25) is 9.30 Å². The van der Waals surface area contributed by atoms with Crippen LogP contribution in [0.4, 0.5) is 23.2 Å². The lowest BCUT2D eigenvalue weighted by molar-refractivity contribution is -0.137. The zero-order valence-corrected chi connectivity index (χ0v) is 19.0. The quantitative estimate of drug-likeness (QED) is 0.467. The molecule has 0 unspecified atom stereocenters. The highest BCUT2D eigenvalue weighted by molar-refractivity contribution is 5.59. The van der Waals surface area contributed by atoms with Crippen LogP contribution in [0.3, 0.4) is 0 Å². The average Bonchev–Trinajstić information content (AvgIpc) is 3.53. The van der Waals surface area contributed by atoms with Crippen molar-refractivity contribution in [3.05, 3.63) is 53.2 Å². The molecule has 1 saturated heterocycles. The Morgan fingerprint density at radius 1 is 1.06 bits per heavy atom. The van der Waals surface area contributed by atoms with E-state index in [1.165, 1.54) is 10.5 Å². The molecule has 2 aliphatic rings. The van der Waals surface area contributed by atoms with Gasteiger partial charge in [0.05, 0.1) is 12.3 Å². The zero-order valence-electron chi connectivity index (χ0n) is 19.0. The third kappa shape index (κ3) is 4.55. The van der Waals surface area contributed by atoms with Crippen molar-refractivity contribution in [3.63, 3.8) is 0 Å². The summed E-state index contributed by atoms with van der Waals surface area (Å²) in [6, 6.07) is 6.35. The van der Waals surface area contributed by atoms with Crippen molar-refractivity contribution in [2.24, 2.45) is 5.92 Å². The van der Waals surface area contributed by atoms with Gasteiger partial charge in [-0.2, -0.15) is 13.2 Å². The number of aromatic nitrogens is 3. The van der Waals surface area contributed by atoms with Crippen molar-refractivity contribution in [1.82, 2.24) is 19.5 Å². The summed E-state index contributed by atoms with van der Waals surface area (Å²) < 4.78 is 63.5. The monoisotopic (exact) mass is 477 g/mol. The summed E-state index contributed by atoms with van der Waals surface area (Å²) in [6.45, 7) is 4.52. The fraction of sp³-hybridized carbons (Fsp3) is 0.500. The second-order valence-corrected chi connectivity index (χ2v) is 8.96. The van der Waals surface area contributed by atoms with E-state index in [2.05, 4.69) is 10.2 Å². The van der Waals surface area contributed by atoms with Crippen LogP contribution in [0.25, 0.3) is 5.65 Å². The van der Waals surface area contributed by atoms with Gasteiger partial charge in [0.15, 0.2) is 17.2 Å². The maximum Gasteiger partial charge on any atom is 0.420 e. The van der Waals surface area contributed by atoms with E-state index in [-0.39, 0.29) is 23.5 Å². The molecular weight excluding hydrogens is 450 g/mol. The molecule has 0 spiro atoms. The molecule has 34 heavy (non-hydrogen) atoms. The number of benzene rings is 1. The molecule has 3 aromatic rings. The summed E-state index contributed by atoms with van der Waals surface area (Å²) in [5.74, 6) is 0.888. The van der Waals surface area contributed by atoms with E-state index in [9.17, 15) is 17.6 Å². The molecule has 0 radical (unpaired) electrons. The van der Waals surface area contributed by atoms with Gasteiger partial charge in [-0.05, 0) is 49.4 Å². The molecule has 0 atom stereocenters. The molecular formula is C24H27F4N5O. The molecule has 10 heteroatoms. The molecule has 5 rings (SSSR count). The number of piperazine rings is 1. The van der Waals surface area contributed by atoms with Gasteiger partial charge < -0.3 is 9.64 Å². The molecule has 182 valence electrons. The zero-order chi connectivity index (χ0) is 23.9. The van der Waals surface area contributed by atoms with E-state index in [1.807, 2.05) is 15.9 Å². The Morgan fingerprint density at radius 2 is 1.82 bits per heavy atom. The van der Waals surface area contributed by atoms with E-state index in [4.69, 9.17) is 4.74 Å². The summed E-state index contributed by atoms with van der Waals surface area (Å²) in [5.41, 5.74) is 0.0290. The van der Waals surface area contributed by atoms with Gasteiger partial charge in [0, 0.05) is 45.3 Å². The minimum absolute atomic E-state index is 0.125. The summed E-state index contributed by atoms with van der Waals surface area (Å²) in [6.07, 6.45) is -0.0321. The van der Waals surface area contributed by atoms with Crippen LogP contribution >= 0.6 is 0 Å². The van der Waals surface area contributed by atoms with Gasteiger partial charge in [0.2, 0.25) is 0 Å². The molecule has 1 saturated carbocycles. The second kappa shape index (κ2) is 9.05. The maximum absolute atomic E-state index is 14.2. The predicted octanol–water partition coefficient (Wildman–Crippen LogP) is 4.56. The highest BCUT2D eigenvalue weighted by Gasteiger charge is 2.38. The molecule has 2 fully saturated rings. The van der Waals surface area contributed by atoms with E-state index >= 15 is 0 Å². The van der Waals surface area contributed by atoms with Crippen LogP contribution in [0, 0.1) is 11.7 Å². The van der Waals surface area contributed by atoms with Crippen LogP contribution in [0.15, 0.2) is 30.5 Å². The third-order valence-electron chi connectivity index (χ3n) is 6.53. The van der Waals surface area contributed by atoms with Gasteiger partial charge in [-0.25, -0.2) is 4.39 Å². The highest BCUT2D eigenvalue weighted by atomic mass is 19.4. The van der Waals surface area contributed by atoms with Crippen molar-refractivity contribution in [1.29, 1.82) is 0 Å². The number of anilines is 1. The summed E-state index contributed by atoms with van der Waals surface area (Å²) in [4.78, 5) is 4.00. The smallest absolute Gasteiger partial charge is 0.420 e. The summed E-state index contributed by atoms with van der Waals surface area (Å²) >= 11 is 0. The van der Waals surface area contributed by atoms with Crippen molar-refractivity contribution in [2.45, 2.75) is 38.9 Å². The largest absolute Gasteiger partial charge is 0.489 e. The first-order valence-corrected chi connectivity index (χ1v) is 11.7. The van der Waals surface area contributed by atoms with Crippen LogP contribution in [-0.2, 0) is 19.1 Å². The van der Waals surface area contributed by atoms with Crippen LogP contribution in [-0.4, -0.2) is 52.3 Å². The van der Waals surface area contributed by atoms with E-state index in [0.717, 1.165) is 12.8 Å². The first kappa shape index (κ1) is 22.9. The van der Waals surface area contributed by atoms with Crippen molar-refractivity contribution >= 4 is 11.3 Å². The fourth-order valence-corrected chi connectivity index (χ4v) is 4.62. The average molecular weight is 478 g/mol. The van der Waals surface area contributed by atoms with Crippen LogP contribution in [0.5, 0.6) is 5.75 Å². The van der Waals surface area contributed by atoms with Gasteiger partial charge in [0.25, 0.3) is 0 Å². The fourth-order valence-electron chi connectivity index (χ4n) is 4.62. The number of fused-ring (bicyclic) bond motifs is 1. The number of nitrogens with zero attached hydrogens (tertiary/aromatic N) is 5. The number of alkyl halides is 3. The Balaban J connectivity index is 1.34. The number of pyridine rings is 1. The predicted molar refractivity (Wildman–Crippen MR) is 119 cm³/mol. The number of para-hydroxylation sites is 1. The van der Waals surface area contributed by atoms with Crippen LogP contribution in [0.2, 0.25) is 0 Å². The van der Waals surface area contributed by atoms with Crippen LogP contribution < -0.4 is 9.64 Å². The Hall–Kier alpha value is -2.88. The Morgan fingerprint density at radius 3 is 2.50 bits per heavy atom. The van der Waals surface area contributed by atoms with Gasteiger partial charge in [-0.15, -0.1) is 10.2 Å². The minimum atomic E-state index is -4.53. The minimum Gasteiger partial charge on any atom is -0.489 e. The highest BCUT2D eigenvalue weighted by Crippen LogP contribution is 2.37. The molecule has 1 aromatic carbocycles. The van der Waals surface area contributed by atoms with Crippen molar-refractivity contribution in [2.75, 3.05) is 37.7 Å². The molecule has 1 aliphatic heterocycles. The first-order chi connectivity index (χ1) is 16.3. The van der Waals surface area contributed by atoms with E-state index < -0.39 is 17.6 Å². The second-order valence-electron chi connectivity index (χ2n) is 8.96. The molecule has 0 bridgehead atoms. The lowest BCUT2D eigenvalue weighted by Crippen LogP contribution is -2.46. The third-order valence-corrected chi connectivity index (χ3v) is 6.53. The van der Waals surface area contributed by atoms with Crippen molar-refractivity contribution in [3.8, 4) is 5.75 Å². The van der Waals surface area contributed by atoms with Crippen LogP contribution in [0.1, 0.15) is 36.7 Å². The Kier molecular flexibility index (Phi) is 6.09. The molecule has 6 nitrogen and oxygen atoms in total. The molecule has 3 heterocycles. The number of hydrogen-bond acceptors (Lipinski definition) is 5. The number of rotatable bonds is 7. The summed E-state index contributed by atoms with van der Waals surface area (Å²) in [7, 11) is 0. The molecule has 2 aromatic heterocycles. The molecule has 0 N–H and O–H groups in total. The normalized spacial score (nSPS) is 17.5. The lowest BCUT2D eigenvalue weighted by atomic mass is 10.1. The maximum atomic E-state index is 14.2. The SMILES string of the molecule is CCOc1c(F)cccc1N1CCN(Cc2ccn3c(CC4CC4)nnc3c2C(F)(F)F)CC1. The van der Waals surface area contributed by atoms with Gasteiger partial charge in [0.1, 0.15) is 11.4 Å². The standard InChI is InChI=1S/C24H27F4N5O/c1-2-34-22-18(25)4-3-5-19(22)32-12-10-31(11-13-32)15-17-8-9-33-20(14-16-6-7-16)29-30-23(33)21(17)24(26,27)28/h3-5,8-9,16H,2,6-7,10-15H2,1H3. The number of hydrogen-bond donors (Lipinski definition) is 0. The van der Waals surface area contributed by atoms with Crippen molar-refractivity contribution < 1.29 is 22.3 Å².